The lowest BCUT2D eigenvalue weighted by Gasteiger charge is -2.25. The van der Waals surface area contributed by atoms with Crippen LogP contribution < -0.4 is 16.8 Å². The molecule has 0 aliphatic rings. The molecule has 1 amide bonds. The molecule has 0 atom stereocenters. The van der Waals surface area contributed by atoms with E-state index in [1.807, 2.05) is 13.8 Å². The summed E-state index contributed by atoms with van der Waals surface area (Å²) in [5.41, 5.74) is 9.75. The Kier molecular flexibility index (Phi) is 5.41. The Morgan fingerprint density at radius 2 is 1.82 bits per heavy atom. The topological polar surface area (TPSA) is 114 Å². The zero-order valence-electron chi connectivity index (χ0n) is 11.1. The summed E-state index contributed by atoms with van der Waals surface area (Å²) < 4.78 is 0. The number of oxime groups is 1. The molecule has 6 N–H and O–H groups in total. The summed E-state index contributed by atoms with van der Waals surface area (Å²) in [6.45, 7) is 7.94. The maximum absolute atomic E-state index is 11.1. The van der Waals surface area contributed by atoms with Crippen LogP contribution in [0.25, 0.3) is 0 Å². The molecule has 6 heteroatoms. The molecule has 0 aromatic heterocycles. The minimum atomic E-state index is -0.708. The Labute approximate surface area is 102 Å². The highest BCUT2D eigenvalue weighted by atomic mass is 16.4. The van der Waals surface area contributed by atoms with Gasteiger partial charge in [0.15, 0.2) is 0 Å². The van der Waals surface area contributed by atoms with Crippen molar-refractivity contribution in [2.75, 3.05) is 6.54 Å². The van der Waals surface area contributed by atoms with E-state index < -0.39 is 5.54 Å². The van der Waals surface area contributed by atoms with Crippen LogP contribution in [0.4, 0.5) is 0 Å². The molecule has 0 rings (SSSR count). The number of hydrogen-bond acceptors (Lipinski definition) is 4. The SMILES string of the molecule is CC(C)(CCCNC(C)(C)C(N)=O)C(N)=NO. The summed E-state index contributed by atoms with van der Waals surface area (Å²) in [4.78, 5) is 11.1. The Hall–Kier alpha value is -1.30. The van der Waals surface area contributed by atoms with Crippen molar-refractivity contribution in [1.29, 1.82) is 0 Å². The van der Waals surface area contributed by atoms with Crippen LogP contribution in [0.5, 0.6) is 0 Å². The van der Waals surface area contributed by atoms with E-state index in [1.165, 1.54) is 0 Å². The van der Waals surface area contributed by atoms with E-state index >= 15 is 0 Å². The molecule has 0 aromatic carbocycles. The fourth-order valence-corrected chi connectivity index (χ4v) is 1.28. The van der Waals surface area contributed by atoms with Gasteiger partial charge in [-0.15, -0.1) is 0 Å². The second-order valence-electron chi connectivity index (χ2n) is 5.39. The maximum atomic E-state index is 11.1. The molecular formula is C11H24N4O2. The largest absolute Gasteiger partial charge is 0.409 e. The van der Waals surface area contributed by atoms with Crippen LogP contribution in [-0.2, 0) is 4.79 Å². The van der Waals surface area contributed by atoms with E-state index in [-0.39, 0.29) is 17.2 Å². The molecular weight excluding hydrogens is 220 g/mol. The van der Waals surface area contributed by atoms with Gasteiger partial charge >= 0.3 is 0 Å². The highest BCUT2D eigenvalue weighted by molar-refractivity contribution is 5.85. The first kappa shape index (κ1) is 15.7. The Morgan fingerprint density at radius 3 is 2.24 bits per heavy atom. The lowest BCUT2D eigenvalue weighted by molar-refractivity contribution is -0.123. The van der Waals surface area contributed by atoms with Crippen molar-refractivity contribution in [1.82, 2.24) is 5.32 Å². The Bertz CT molecular complexity index is 298. The second kappa shape index (κ2) is 5.86. The molecule has 0 fully saturated rings. The Balaban J connectivity index is 4.06. The summed E-state index contributed by atoms with van der Waals surface area (Å²) in [6, 6.07) is 0. The minimum absolute atomic E-state index is 0.215. The average molecular weight is 244 g/mol. The van der Waals surface area contributed by atoms with Crippen molar-refractivity contribution in [3.8, 4) is 0 Å². The zero-order valence-corrected chi connectivity index (χ0v) is 11.1. The van der Waals surface area contributed by atoms with Crippen LogP contribution >= 0.6 is 0 Å². The number of hydrogen-bond donors (Lipinski definition) is 4. The quantitative estimate of drug-likeness (QED) is 0.170. The number of carbonyl (C=O) groups excluding carboxylic acids is 1. The summed E-state index contributed by atoms with van der Waals surface area (Å²) >= 11 is 0. The number of nitrogens with zero attached hydrogens (tertiary/aromatic N) is 1. The van der Waals surface area contributed by atoms with Crippen LogP contribution in [0.15, 0.2) is 5.16 Å². The fraction of sp³-hybridized carbons (Fsp3) is 0.818. The summed E-state index contributed by atoms with van der Waals surface area (Å²) in [7, 11) is 0. The first-order valence-electron chi connectivity index (χ1n) is 5.66. The van der Waals surface area contributed by atoms with Crippen LogP contribution in [0, 0.1) is 5.41 Å². The van der Waals surface area contributed by atoms with E-state index in [9.17, 15) is 4.79 Å². The highest BCUT2D eigenvalue weighted by Crippen LogP contribution is 2.22. The van der Waals surface area contributed by atoms with Crippen LogP contribution in [-0.4, -0.2) is 29.0 Å². The Morgan fingerprint density at radius 1 is 1.29 bits per heavy atom. The first-order chi connectivity index (χ1) is 7.63. The summed E-state index contributed by atoms with van der Waals surface area (Å²) in [5, 5.41) is 14.7. The number of nitrogens with two attached hydrogens (primary N) is 2. The molecule has 0 aliphatic carbocycles. The maximum Gasteiger partial charge on any atom is 0.237 e. The predicted octanol–water partition coefficient (Wildman–Crippen LogP) is 0.393. The molecule has 0 spiro atoms. The minimum Gasteiger partial charge on any atom is -0.409 e. The van der Waals surface area contributed by atoms with E-state index in [0.29, 0.717) is 6.54 Å². The van der Waals surface area contributed by atoms with Gasteiger partial charge in [0.2, 0.25) is 5.91 Å². The van der Waals surface area contributed by atoms with Gasteiger partial charge in [-0.05, 0) is 33.2 Å². The molecule has 0 radical (unpaired) electrons. The number of nitrogens with one attached hydrogen (secondary N) is 1. The van der Waals surface area contributed by atoms with Crippen molar-refractivity contribution in [2.24, 2.45) is 22.0 Å². The highest BCUT2D eigenvalue weighted by Gasteiger charge is 2.25. The molecule has 0 heterocycles. The normalized spacial score (nSPS) is 13.8. The third-order valence-electron chi connectivity index (χ3n) is 2.96. The molecule has 6 nitrogen and oxygen atoms in total. The average Bonchev–Trinajstić information content (AvgIpc) is 2.23. The van der Waals surface area contributed by atoms with E-state index in [2.05, 4.69) is 10.5 Å². The molecule has 17 heavy (non-hydrogen) atoms. The molecule has 0 aliphatic heterocycles. The van der Waals surface area contributed by atoms with Crippen LogP contribution in [0.3, 0.4) is 0 Å². The van der Waals surface area contributed by atoms with Crippen molar-refractivity contribution >= 4 is 11.7 Å². The molecule has 0 bridgehead atoms. The van der Waals surface area contributed by atoms with Crippen molar-refractivity contribution in [3.63, 3.8) is 0 Å². The number of rotatable bonds is 7. The summed E-state index contributed by atoms with van der Waals surface area (Å²) in [5.74, 6) is -0.167. The van der Waals surface area contributed by atoms with Gasteiger partial charge < -0.3 is 22.0 Å². The van der Waals surface area contributed by atoms with Gasteiger partial charge in [0.05, 0.1) is 5.54 Å². The molecule has 0 unspecified atom stereocenters. The van der Waals surface area contributed by atoms with E-state index in [1.54, 1.807) is 13.8 Å². The van der Waals surface area contributed by atoms with E-state index in [4.69, 9.17) is 16.7 Å². The second-order valence-corrected chi connectivity index (χ2v) is 5.39. The number of amides is 1. The number of carbonyl (C=O) groups is 1. The lowest BCUT2D eigenvalue weighted by Crippen LogP contribution is -2.51. The van der Waals surface area contributed by atoms with Crippen molar-refractivity contribution in [3.05, 3.63) is 0 Å². The van der Waals surface area contributed by atoms with Crippen LogP contribution in [0.1, 0.15) is 40.5 Å². The third-order valence-corrected chi connectivity index (χ3v) is 2.96. The predicted molar refractivity (Wildman–Crippen MR) is 67.7 cm³/mol. The monoisotopic (exact) mass is 244 g/mol. The van der Waals surface area contributed by atoms with Gasteiger partial charge in [0, 0.05) is 5.41 Å². The number of primary amides is 1. The molecule has 0 saturated carbocycles. The van der Waals surface area contributed by atoms with Crippen LogP contribution in [0.2, 0.25) is 0 Å². The standard InChI is InChI=1S/C11H24N4O2/c1-10(2,8(12)15-17)6-5-7-14-11(3,4)9(13)16/h14,17H,5-7H2,1-4H3,(H2,12,15)(H2,13,16). The van der Waals surface area contributed by atoms with Gasteiger partial charge in [0.25, 0.3) is 0 Å². The lowest BCUT2D eigenvalue weighted by atomic mass is 9.86. The van der Waals surface area contributed by atoms with Gasteiger partial charge in [-0.3, -0.25) is 4.79 Å². The molecule has 0 aromatic rings. The number of amidine groups is 1. The van der Waals surface area contributed by atoms with Crippen molar-refractivity contribution < 1.29 is 10.0 Å². The molecule has 0 saturated heterocycles. The smallest absolute Gasteiger partial charge is 0.237 e. The zero-order chi connectivity index (χ0) is 13.7. The van der Waals surface area contributed by atoms with Gasteiger partial charge in [0.1, 0.15) is 5.84 Å². The molecule has 100 valence electrons. The third kappa shape index (κ3) is 5.04. The van der Waals surface area contributed by atoms with Gasteiger partial charge in [-0.2, -0.15) is 0 Å². The van der Waals surface area contributed by atoms with Crippen molar-refractivity contribution in [2.45, 2.75) is 46.1 Å². The first-order valence-corrected chi connectivity index (χ1v) is 5.66. The van der Waals surface area contributed by atoms with Gasteiger partial charge in [-0.25, -0.2) is 0 Å². The summed E-state index contributed by atoms with van der Waals surface area (Å²) in [6.07, 6.45) is 1.56. The fourth-order valence-electron chi connectivity index (χ4n) is 1.28. The van der Waals surface area contributed by atoms with E-state index in [0.717, 1.165) is 12.8 Å². The van der Waals surface area contributed by atoms with Gasteiger partial charge in [-0.1, -0.05) is 19.0 Å².